The number of ketones is 1. The first kappa shape index (κ1) is 17.5. The SMILES string of the molecule is Cc1cc(C)c(C(=O)CN2C(=O)c3ccc([N+](=O)[O-])cc3C2=O)cc1C. The molecular weight excluding hydrogens is 336 g/mol. The maximum absolute atomic E-state index is 12.6. The van der Waals surface area contributed by atoms with E-state index in [-0.39, 0.29) is 22.6 Å². The van der Waals surface area contributed by atoms with Gasteiger partial charge < -0.3 is 0 Å². The van der Waals surface area contributed by atoms with Gasteiger partial charge in [-0.1, -0.05) is 6.07 Å². The van der Waals surface area contributed by atoms with Crippen molar-refractivity contribution in [3.63, 3.8) is 0 Å². The first-order valence-corrected chi connectivity index (χ1v) is 7.96. The Kier molecular flexibility index (Phi) is 4.15. The summed E-state index contributed by atoms with van der Waals surface area (Å²) in [6.07, 6.45) is 0. The molecule has 0 saturated carbocycles. The van der Waals surface area contributed by atoms with Gasteiger partial charge in [0.15, 0.2) is 5.78 Å². The quantitative estimate of drug-likeness (QED) is 0.365. The van der Waals surface area contributed by atoms with Crippen LogP contribution in [0.4, 0.5) is 5.69 Å². The number of Topliss-reactive ketones (excluding diaryl/α,β-unsaturated/α-hetero) is 1. The number of carbonyl (C=O) groups is 3. The Balaban J connectivity index is 1.91. The zero-order valence-electron chi connectivity index (χ0n) is 14.5. The van der Waals surface area contributed by atoms with Gasteiger partial charge in [-0.15, -0.1) is 0 Å². The number of hydrogen-bond donors (Lipinski definition) is 0. The average Bonchev–Trinajstić information content (AvgIpc) is 2.82. The van der Waals surface area contributed by atoms with Crippen LogP contribution in [0, 0.1) is 30.9 Å². The van der Waals surface area contributed by atoms with E-state index in [0.29, 0.717) is 5.56 Å². The lowest BCUT2D eigenvalue weighted by molar-refractivity contribution is -0.384. The monoisotopic (exact) mass is 352 g/mol. The van der Waals surface area contributed by atoms with Gasteiger partial charge in [-0.25, -0.2) is 0 Å². The third-order valence-electron chi connectivity index (χ3n) is 4.61. The van der Waals surface area contributed by atoms with Gasteiger partial charge in [-0.05, 0) is 49.6 Å². The minimum Gasteiger partial charge on any atom is -0.292 e. The summed E-state index contributed by atoms with van der Waals surface area (Å²) >= 11 is 0. The van der Waals surface area contributed by atoms with E-state index in [1.807, 2.05) is 19.9 Å². The molecule has 1 heterocycles. The number of carbonyl (C=O) groups excluding carboxylic acids is 3. The molecule has 2 aromatic rings. The fourth-order valence-electron chi connectivity index (χ4n) is 3.03. The Hall–Kier alpha value is -3.35. The summed E-state index contributed by atoms with van der Waals surface area (Å²) < 4.78 is 0. The molecule has 132 valence electrons. The maximum atomic E-state index is 12.6. The topological polar surface area (TPSA) is 97.6 Å². The molecular formula is C19H16N2O5. The molecule has 1 aliphatic heterocycles. The minimum absolute atomic E-state index is 0.0474. The summed E-state index contributed by atoms with van der Waals surface area (Å²) in [5.41, 5.74) is 2.96. The molecule has 0 unspecified atom stereocenters. The van der Waals surface area contributed by atoms with Crippen molar-refractivity contribution in [3.05, 3.63) is 73.8 Å². The Labute approximate surface area is 149 Å². The molecule has 7 heteroatoms. The fourth-order valence-corrected chi connectivity index (χ4v) is 3.03. The fraction of sp³-hybridized carbons (Fsp3) is 0.211. The molecule has 26 heavy (non-hydrogen) atoms. The maximum Gasteiger partial charge on any atom is 0.270 e. The van der Waals surface area contributed by atoms with Crippen LogP contribution in [-0.2, 0) is 0 Å². The van der Waals surface area contributed by atoms with Crippen molar-refractivity contribution < 1.29 is 19.3 Å². The van der Waals surface area contributed by atoms with Gasteiger partial charge in [-0.3, -0.25) is 29.4 Å². The zero-order chi connectivity index (χ0) is 19.2. The summed E-state index contributed by atoms with van der Waals surface area (Å²) in [6, 6.07) is 7.12. The molecule has 0 spiro atoms. The Bertz CT molecular complexity index is 994. The first-order valence-electron chi connectivity index (χ1n) is 7.96. The van der Waals surface area contributed by atoms with Gasteiger partial charge in [0.05, 0.1) is 22.6 Å². The summed E-state index contributed by atoms with van der Waals surface area (Å²) in [5, 5.41) is 10.9. The van der Waals surface area contributed by atoms with Crippen molar-refractivity contribution in [2.75, 3.05) is 6.54 Å². The van der Waals surface area contributed by atoms with Crippen molar-refractivity contribution in [2.45, 2.75) is 20.8 Å². The second kappa shape index (κ2) is 6.18. The number of rotatable bonds is 4. The van der Waals surface area contributed by atoms with Gasteiger partial charge in [0.25, 0.3) is 17.5 Å². The number of non-ortho nitro benzene ring substituents is 1. The molecule has 0 N–H and O–H groups in total. The van der Waals surface area contributed by atoms with Crippen LogP contribution in [0.15, 0.2) is 30.3 Å². The first-order chi connectivity index (χ1) is 12.2. The summed E-state index contributed by atoms with van der Waals surface area (Å²) in [4.78, 5) is 48.7. The summed E-state index contributed by atoms with van der Waals surface area (Å²) in [6.45, 7) is 5.22. The second-order valence-corrected chi connectivity index (χ2v) is 6.36. The normalized spacial score (nSPS) is 13.1. The highest BCUT2D eigenvalue weighted by Crippen LogP contribution is 2.27. The smallest absolute Gasteiger partial charge is 0.270 e. The van der Waals surface area contributed by atoms with Crippen molar-refractivity contribution >= 4 is 23.3 Å². The summed E-state index contributed by atoms with van der Waals surface area (Å²) in [5.74, 6) is -1.66. The van der Waals surface area contributed by atoms with Crippen molar-refractivity contribution in [1.29, 1.82) is 0 Å². The molecule has 0 fully saturated rings. The molecule has 0 bridgehead atoms. The Morgan fingerprint density at radius 3 is 2.23 bits per heavy atom. The van der Waals surface area contributed by atoms with E-state index in [1.54, 1.807) is 13.0 Å². The molecule has 2 amide bonds. The Morgan fingerprint density at radius 2 is 1.58 bits per heavy atom. The number of aryl methyl sites for hydroxylation is 3. The molecule has 1 aliphatic rings. The standard InChI is InChI=1S/C19H16N2O5/c1-10-6-12(3)15(7-11(10)2)17(22)9-20-18(23)14-5-4-13(21(25)26)8-16(14)19(20)24/h4-8H,9H2,1-3H3. The molecule has 0 atom stereocenters. The van der Waals surface area contributed by atoms with E-state index in [1.165, 1.54) is 12.1 Å². The van der Waals surface area contributed by atoms with Crippen LogP contribution in [0.3, 0.4) is 0 Å². The van der Waals surface area contributed by atoms with E-state index in [2.05, 4.69) is 0 Å². The lowest BCUT2D eigenvalue weighted by Gasteiger charge is -2.15. The molecule has 2 aromatic carbocycles. The highest BCUT2D eigenvalue weighted by Gasteiger charge is 2.38. The second-order valence-electron chi connectivity index (χ2n) is 6.36. The zero-order valence-corrected chi connectivity index (χ0v) is 14.5. The van der Waals surface area contributed by atoms with E-state index in [0.717, 1.165) is 27.7 Å². The van der Waals surface area contributed by atoms with Gasteiger partial charge >= 0.3 is 0 Å². The predicted octanol–water partition coefficient (Wildman–Crippen LogP) is 3.00. The van der Waals surface area contributed by atoms with Crippen molar-refractivity contribution in [3.8, 4) is 0 Å². The number of amides is 2. The molecule has 0 aromatic heterocycles. The molecule has 0 saturated heterocycles. The number of nitro groups is 1. The van der Waals surface area contributed by atoms with E-state index >= 15 is 0 Å². The van der Waals surface area contributed by atoms with Gasteiger partial charge in [0.2, 0.25) is 0 Å². The largest absolute Gasteiger partial charge is 0.292 e. The van der Waals surface area contributed by atoms with Crippen LogP contribution in [0.1, 0.15) is 47.8 Å². The third kappa shape index (κ3) is 2.77. The minimum atomic E-state index is -0.691. The van der Waals surface area contributed by atoms with Crippen molar-refractivity contribution in [2.24, 2.45) is 0 Å². The van der Waals surface area contributed by atoms with Gasteiger partial charge in [-0.2, -0.15) is 0 Å². The van der Waals surface area contributed by atoms with Gasteiger partial charge in [0.1, 0.15) is 0 Å². The number of benzene rings is 2. The number of hydrogen-bond acceptors (Lipinski definition) is 5. The number of nitrogens with zero attached hydrogens (tertiary/aromatic N) is 2. The number of fused-ring (bicyclic) bond motifs is 1. The van der Waals surface area contributed by atoms with Crippen LogP contribution >= 0.6 is 0 Å². The predicted molar refractivity (Wildman–Crippen MR) is 93.4 cm³/mol. The molecule has 7 nitrogen and oxygen atoms in total. The third-order valence-corrected chi connectivity index (χ3v) is 4.61. The van der Waals surface area contributed by atoms with E-state index in [4.69, 9.17) is 0 Å². The molecule has 0 aliphatic carbocycles. The van der Waals surface area contributed by atoms with Crippen LogP contribution in [0.2, 0.25) is 0 Å². The average molecular weight is 352 g/mol. The van der Waals surface area contributed by atoms with Crippen LogP contribution < -0.4 is 0 Å². The van der Waals surface area contributed by atoms with Crippen LogP contribution in [0.25, 0.3) is 0 Å². The van der Waals surface area contributed by atoms with E-state index in [9.17, 15) is 24.5 Å². The Morgan fingerprint density at radius 1 is 0.962 bits per heavy atom. The highest BCUT2D eigenvalue weighted by atomic mass is 16.6. The number of imide groups is 1. The number of nitro benzene ring substituents is 1. The van der Waals surface area contributed by atoms with E-state index < -0.39 is 23.3 Å². The van der Waals surface area contributed by atoms with Gasteiger partial charge in [0, 0.05) is 17.7 Å². The van der Waals surface area contributed by atoms with Crippen LogP contribution in [-0.4, -0.2) is 34.0 Å². The lowest BCUT2D eigenvalue weighted by atomic mass is 9.98. The van der Waals surface area contributed by atoms with Crippen LogP contribution in [0.5, 0.6) is 0 Å². The van der Waals surface area contributed by atoms with Crippen molar-refractivity contribution in [1.82, 2.24) is 4.90 Å². The summed E-state index contributed by atoms with van der Waals surface area (Å²) in [7, 11) is 0. The highest BCUT2D eigenvalue weighted by molar-refractivity contribution is 6.23. The molecule has 0 radical (unpaired) electrons. The lowest BCUT2D eigenvalue weighted by Crippen LogP contribution is -2.35. The molecule has 3 rings (SSSR count).